The standard InChI is InChI=1S/C17H20N2OS/c1-17(2,3)21(20)19-16(11-12-18)15-10-6-8-13-7-4-5-9-14(13)15/h4-10,16,19H,11H2,1-3H3/t16-,21-/m1/s1. The van der Waals surface area contributed by atoms with E-state index in [1.54, 1.807) is 0 Å². The molecular formula is C17H20N2OS. The summed E-state index contributed by atoms with van der Waals surface area (Å²) in [5, 5.41) is 11.3. The summed E-state index contributed by atoms with van der Waals surface area (Å²) in [4.78, 5) is 0. The molecule has 0 amide bonds. The van der Waals surface area contributed by atoms with Crippen molar-refractivity contribution in [2.75, 3.05) is 0 Å². The molecule has 0 bridgehead atoms. The lowest BCUT2D eigenvalue weighted by atomic mass is 9.98. The highest BCUT2D eigenvalue weighted by Gasteiger charge is 2.24. The van der Waals surface area contributed by atoms with Crippen molar-refractivity contribution in [3.05, 3.63) is 48.0 Å². The van der Waals surface area contributed by atoms with Gasteiger partial charge in [-0.3, -0.25) is 0 Å². The van der Waals surface area contributed by atoms with E-state index in [0.717, 1.165) is 16.3 Å². The maximum absolute atomic E-state index is 12.3. The van der Waals surface area contributed by atoms with Crippen LogP contribution in [0.5, 0.6) is 0 Å². The predicted octanol–water partition coefficient (Wildman–Crippen LogP) is 3.85. The lowest BCUT2D eigenvalue weighted by Crippen LogP contribution is -2.35. The Morgan fingerprint density at radius 1 is 1.19 bits per heavy atom. The molecule has 1 N–H and O–H groups in total. The first-order valence-corrected chi connectivity index (χ1v) is 8.11. The minimum atomic E-state index is -1.21. The van der Waals surface area contributed by atoms with Gasteiger partial charge in [0.05, 0.1) is 34.3 Å². The van der Waals surface area contributed by atoms with Gasteiger partial charge in [-0.2, -0.15) is 5.26 Å². The van der Waals surface area contributed by atoms with Crippen LogP contribution >= 0.6 is 0 Å². The van der Waals surface area contributed by atoms with Crippen LogP contribution < -0.4 is 4.72 Å². The SMILES string of the molecule is CC(C)(C)[S@@](=O)N[C@H](CC#N)c1cccc2ccccc12. The Balaban J connectivity index is 2.42. The van der Waals surface area contributed by atoms with E-state index in [1.807, 2.05) is 63.2 Å². The number of nitriles is 1. The Morgan fingerprint density at radius 2 is 1.86 bits per heavy atom. The number of fused-ring (bicyclic) bond motifs is 1. The Bertz CT molecular complexity index is 692. The summed E-state index contributed by atoms with van der Waals surface area (Å²) >= 11 is 0. The third-order valence-corrected chi connectivity index (χ3v) is 4.91. The van der Waals surface area contributed by atoms with E-state index in [1.165, 1.54) is 0 Å². The molecule has 0 aromatic heterocycles. The molecule has 0 unspecified atom stereocenters. The first-order chi connectivity index (χ1) is 9.93. The molecule has 0 saturated carbocycles. The van der Waals surface area contributed by atoms with E-state index in [0.29, 0.717) is 0 Å². The molecule has 0 aliphatic carbocycles. The highest BCUT2D eigenvalue weighted by atomic mass is 32.2. The molecule has 0 radical (unpaired) electrons. The van der Waals surface area contributed by atoms with E-state index >= 15 is 0 Å². The number of benzene rings is 2. The van der Waals surface area contributed by atoms with Crippen molar-refractivity contribution in [1.29, 1.82) is 5.26 Å². The van der Waals surface area contributed by atoms with Gasteiger partial charge in [-0.05, 0) is 37.1 Å². The zero-order chi connectivity index (χ0) is 15.5. The van der Waals surface area contributed by atoms with Crippen LogP contribution in [0.1, 0.15) is 38.8 Å². The van der Waals surface area contributed by atoms with Gasteiger partial charge in [0.2, 0.25) is 0 Å². The van der Waals surface area contributed by atoms with Crippen LogP contribution in [0.15, 0.2) is 42.5 Å². The minimum Gasteiger partial charge on any atom is -0.242 e. The van der Waals surface area contributed by atoms with Crippen molar-refractivity contribution in [2.45, 2.75) is 38.0 Å². The summed E-state index contributed by atoms with van der Waals surface area (Å²) < 4.78 is 15.1. The zero-order valence-electron chi connectivity index (χ0n) is 12.6. The maximum Gasteiger partial charge on any atom is 0.0976 e. The summed E-state index contributed by atoms with van der Waals surface area (Å²) in [7, 11) is -1.21. The van der Waals surface area contributed by atoms with Crippen LogP contribution in [-0.4, -0.2) is 8.96 Å². The van der Waals surface area contributed by atoms with E-state index in [9.17, 15) is 4.21 Å². The first kappa shape index (κ1) is 15.7. The van der Waals surface area contributed by atoms with Gasteiger partial charge < -0.3 is 0 Å². The lowest BCUT2D eigenvalue weighted by Gasteiger charge is -2.24. The van der Waals surface area contributed by atoms with Crippen molar-refractivity contribution in [2.24, 2.45) is 0 Å². The Kier molecular flexibility index (Phi) is 4.76. The molecule has 3 nitrogen and oxygen atoms in total. The summed E-state index contributed by atoms with van der Waals surface area (Å²) in [5.41, 5.74) is 1.02. The topological polar surface area (TPSA) is 52.9 Å². The molecule has 0 spiro atoms. The summed E-state index contributed by atoms with van der Waals surface area (Å²) in [6, 6.07) is 16.0. The van der Waals surface area contributed by atoms with Gasteiger partial charge in [0.25, 0.3) is 0 Å². The Morgan fingerprint density at radius 3 is 2.52 bits per heavy atom. The molecule has 0 heterocycles. The summed E-state index contributed by atoms with van der Waals surface area (Å²) in [6.45, 7) is 5.76. The molecule has 0 aliphatic rings. The van der Waals surface area contributed by atoms with Crippen molar-refractivity contribution < 1.29 is 4.21 Å². The molecule has 21 heavy (non-hydrogen) atoms. The third kappa shape index (κ3) is 3.69. The van der Waals surface area contributed by atoms with Crippen molar-refractivity contribution in [1.82, 2.24) is 4.72 Å². The molecule has 2 atom stereocenters. The number of hydrogen-bond donors (Lipinski definition) is 1. The molecule has 2 rings (SSSR count). The molecule has 4 heteroatoms. The number of nitrogens with zero attached hydrogens (tertiary/aromatic N) is 1. The van der Waals surface area contributed by atoms with Crippen LogP contribution in [0, 0.1) is 11.3 Å². The minimum absolute atomic E-state index is 0.235. The fourth-order valence-electron chi connectivity index (χ4n) is 2.17. The molecule has 2 aromatic carbocycles. The predicted molar refractivity (Wildman–Crippen MR) is 88.0 cm³/mol. The normalized spacial score (nSPS) is 14.6. The molecule has 0 fully saturated rings. The highest BCUT2D eigenvalue weighted by molar-refractivity contribution is 7.84. The Labute approximate surface area is 128 Å². The van der Waals surface area contributed by atoms with Gasteiger partial charge in [-0.1, -0.05) is 42.5 Å². The number of rotatable bonds is 4. The number of hydrogen-bond acceptors (Lipinski definition) is 2. The van der Waals surface area contributed by atoms with Crippen molar-refractivity contribution in [3.8, 4) is 6.07 Å². The molecule has 0 saturated heterocycles. The monoisotopic (exact) mass is 300 g/mol. The van der Waals surface area contributed by atoms with Crippen LogP contribution in [0.2, 0.25) is 0 Å². The van der Waals surface area contributed by atoms with Crippen LogP contribution in [0.25, 0.3) is 10.8 Å². The van der Waals surface area contributed by atoms with Crippen LogP contribution in [-0.2, 0) is 11.0 Å². The largest absolute Gasteiger partial charge is 0.242 e. The van der Waals surface area contributed by atoms with Crippen LogP contribution in [0.4, 0.5) is 0 Å². The van der Waals surface area contributed by atoms with Gasteiger partial charge >= 0.3 is 0 Å². The maximum atomic E-state index is 12.3. The van der Waals surface area contributed by atoms with Crippen molar-refractivity contribution >= 4 is 21.8 Å². The quantitative estimate of drug-likeness (QED) is 0.932. The molecule has 110 valence electrons. The van der Waals surface area contributed by atoms with E-state index in [4.69, 9.17) is 5.26 Å². The lowest BCUT2D eigenvalue weighted by molar-refractivity contribution is 0.605. The second-order valence-corrected chi connectivity index (χ2v) is 7.98. The second kappa shape index (κ2) is 6.38. The zero-order valence-corrected chi connectivity index (χ0v) is 13.4. The Hall–Kier alpha value is -1.70. The van der Waals surface area contributed by atoms with E-state index in [-0.39, 0.29) is 17.2 Å². The van der Waals surface area contributed by atoms with Gasteiger partial charge in [0.1, 0.15) is 0 Å². The summed E-state index contributed by atoms with van der Waals surface area (Å²) in [5.74, 6) is 0. The van der Waals surface area contributed by atoms with Crippen molar-refractivity contribution in [3.63, 3.8) is 0 Å². The van der Waals surface area contributed by atoms with Gasteiger partial charge in [-0.25, -0.2) is 8.93 Å². The number of nitrogens with one attached hydrogen (secondary N) is 1. The van der Waals surface area contributed by atoms with E-state index < -0.39 is 11.0 Å². The molecule has 2 aromatic rings. The second-order valence-electron chi connectivity index (χ2n) is 5.98. The average molecular weight is 300 g/mol. The van der Waals surface area contributed by atoms with Gasteiger partial charge in [0, 0.05) is 0 Å². The smallest absolute Gasteiger partial charge is 0.0976 e. The fraction of sp³-hybridized carbons (Fsp3) is 0.353. The van der Waals surface area contributed by atoms with E-state index in [2.05, 4.69) is 10.8 Å². The van der Waals surface area contributed by atoms with Gasteiger partial charge in [-0.15, -0.1) is 0 Å². The van der Waals surface area contributed by atoms with Crippen LogP contribution in [0.3, 0.4) is 0 Å². The highest BCUT2D eigenvalue weighted by Crippen LogP contribution is 2.27. The molecule has 0 aliphatic heterocycles. The molecular weight excluding hydrogens is 280 g/mol. The summed E-state index contributed by atoms with van der Waals surface area (Å²) in [6.07, 6.45) is 0.288. The first-order valence-electron chi connectivity index (χ1n) is 6.96. The fourth-order valence-corrected chi connectivity index (χ4v) is 2.99. The average Bonchev–Trinajstić information content (AvgIpc) is 2.45. The van der Waals surface area contributed by atoms with Gasteiger partial charge in [0.15, 0.2) is 0 Å². The third-order valence-electron chi connectivity index (χ3n) is 3.30.